The summed E-state index contributed by atoms with van der Waals surface area (Å²) in [5.74, 6) is 0.276. The van der Waals surface area contributed by atoms with E-state index in [0.29, 0.717) is 28.4 Å². The summed E-state index contributed by atoms with van der Waals surface area (Å²) in [4.78, 5) is 13.8. The maximum atomic E-state index is 13.3. The topological polar surface area (TPSA) is 29.5 Å². The SMILES string of the molecule is CN1CCc2c(OCc3cc(F)cc(Cl)c3)cccc2C1=O. The molecule has 3 nitrogen and oxygen atoms in total. The van der Waals surface area contributed by atoms with Crippen molar-refractivity contribution in [3.8, 4) is 5.75 Å². The van der Waals surface area contributed by atoms with E-state index in [9.17, 15) is 9.18 Å². The quantitative estimate of drug-likeness (QED) is 0.863. The third kappa shape index (κ3) is 2.92. The van der Waals surface area contributed by atoms with E-state index >= 15 is 0 Å². The molecule has 1 amide bonds. The van der Waals surface area contributed by atoms with Crippen molar-refractivity contribution in [1.29, 1.82) is 0 Å². The van der Waals surface area contributed by atoms with E-state index in [1.54, 1.807) is 30.1 Å². The summed E-state index contributed by atoms with van der Waals surface area (Å²) < 4.78 is 19.1. The highest BCUT2D eigenvalue weighted by Crippen LogP contribution is 2.28. The van der Waals surface area contributed by atoms with E-state index in [1.165, 1.54) is 12.1 Å². The van der Waals surface area contributed by atoms with Gasteiger partial charge in [0, 0.05) is 29.7 Å². The maximum Gasteiger partial charge on any atom is 0.254 e. The van der Waals surface area contributed by atoms with Crippen LogP contribution >= 0.6 is 11.6 Å². The second-order valence-electron chi connectivity index (χ2n) is 5.33. The zero-order valence-electron chi connectivity index (χ0n) is 12.1. The molecule has 1 heterocycles. The van der Waals surface area contributed by atoms with Crippen LogP contribution in [0.5, 0.6) is 5.75 Å². The first-order valence-electron chi connectivity index (χ1n) is 7.00. The summed E-state index contributed by atoms with van der Waals surface area (Å²) in [5.41, 5.74) is 2.23. The van der Waals surface area contributed by atoms with Crippen molar-refractivity contribution in [1.82, 2.24) is 4.90 Å². The van der Waals surface area contributed by atoms with Crippen LogP contribution in [0.25, 0.3) is 0 Å². The number of ether oxygens (including phenoxy) is 1. The predicted molar refractivity (Wildman–Crippen MR) is 82.8 cm³/mol. The van der Waals surface area contributed by atoms with Crippen molar-refractivity contribution in [2.45, 2.75) is 13.0 Å². The zero-order chi connectivity index (χ0) is 15.7. The molecule has 22 heavy (non-hydrogen) atoms. The van der Waals surface area contributed by atoms with Gasteiger partial charge in [0.1, 0.15) is 18.2 Å². The lowest BCUT2D eigenvalue weighted by Gasteiger charge is -2.26. The number of carbonyl (C=O) groups is 1. The Morgan fingerprint density at radius 1 is 1.32 bits per heavy atom. The van der Waals surface area contributed by atoms with Crippen molar-refractivity contribution in [2.75, 3.05) is 13.6 Å². The normalized spacial score (nSPS) is 14.0. The van der Waals surface area contributed by atoms with Gasteiger partial charge in [0.05, 0.1) is 0 Å². The van der Waals surface area contributed by atoms with Gasteiger partial charge in [-0.2, -0.15) is 0 Å². The summed E-state index contributed by atoms with van der Waals surface area (Å²) in [6.07, 6.45) is 0.748. The second-order valence-corrected chi connectivity index (χ2v) is 5.76. The minimum atomic E-state index is -0.391. The average molecular weight is 320 g/mol. The van der Waals surface area contributed by atoms with E-state index in [1.807, 2.05) is 6.07 Å². The first-order chi connectivity index (χ1) is 10.5. The number of hydrogen-bond acceptors (Lipinski definition) is 2. The van der Waals surface area contributed by atoms with Crippen molar-refractivity contribution in [2.24, 2.45) is 0 Å². The van der Waals surface area contributed by atoms with Gasteiger partial charge in [0.25, 0.3) is 5.91 Å². The molecule has 0 aromatic heterocycles. The van der Waals surface area contributed by atoms with Crippen LogP contribution < -0.4 is 4.74 Å². The molecule has 1 aliphatic heterocycles. The Morgan fingerprint density at radius 3 is 2.91 bits per heavy atom. The molecule has 2 aromatic carbocycles. The third-order valence-corrected chi connectivity index (χ3v) is 3.94. The van der Waals surface area contributed by atoms with Gasteiger partial charge in [-0.25, -0.2) is 4.39 Å². The number of fused-ring (bicyclic) bond motifs is 1. The molecule has 5 heteroatoms. The molecule has 0 fully saturated rings. The molecular formula is C17H15ClFNO2. The maximum absolute atomic E-state index is 13.3. The van der Waals surface area contributed by atoms with Crippen LogP contribution in [0.4, 0.5) is 4.39 Å². The van der Waals surface area contributed by atoms with Crippen molar-refractivity contribution < 1.29 is 13.9 Å². The largest absolute Gasteiger partial charge is 0.489 e. The highest BCUT2D eigenvalue weighted by atomic mass is 35.5. The highest BCUT2D eigenvalue weighted by molar-refractivity contribution is 6.30. The molecule has 0 bridgehead atoms. The lowest BCUT2D eigenvalue weighted by Crippen LogP contribution is -2.34. The first-order valence-corrected chi connectivity index (χ1v) is 7.37. The van der Waals surface area contributed by atoms with Gasteiger partial charge >= 0.3 is 0 Å². The molecule has 3 rings (SSSR count). The average Bonchev–Trinajstić information content (AvgIpc) is 2.48. The number of amides is 1. The Kier molecular flexibility index (Phi) is 4.03. The Hall–Kier alpha value is -2.07. The fourth-order valence-electron chi connectivity index (χ4n) is 2.60. The standard InChI is InChI=1S/C17H15ClFNO2/c1-20-6-5-14-15(17(20)21)3-2-4-16(14)22-10-11-7-12(18)9-13(19)8-11/h2-4,7-9H,5-6,10H2,1H3. The van der Waals surface area contributed by atoms with Gasteiger partial charge in [0.15, 0.2) is 0 Å². The minimum Gasteiger partial charge on any atom is -0.489 e. The Balaban J connectivity index is 1.83. The summed E-state index contributed by atoms with van der Waals surface area (Å²) in [5, 5.41) is 0.338. The van der Waals surface area contributed by atoms with E-state index in [0.717, 1.165) is 12.0 Å². The smallest absolute Gasteiger partial charge is 0.254 e. The number of halogens is 2. The lowest BCUT2D eigenvalue weighted by atomic mass is 9.98. The van der Waals surface area contributed by atoms with Crippen LogP contribution in [0.1, 0.15) is 21.5 Å². The monoisotopic (exact) mass is 319 g/mol. The number of carbonyl (C=O) groups excluding carboxylic acids is 1. The van der Waals surface area contributed by atoms with Crippen molar-refractivity contribution in [3.05, 3.63) is 63.9 Å². The van der Waals surface area contributed by atoms with Crippen molar-refractivity contribution in [3.63, 3.8) is 0 Å². The molecule has 1 aliphatic rings. The molecule has 0 aliphatic carbocycles. The number of hydrogen-bond donors (Lipinski definition) is 0. The van der Waals surface area contributed by atoms with Gasteiger partial charge < -0.3 is 9.64 Å². The van der Waals surface area contributed by atoms with E-state index in [4.69, 9.17) is 16.3 Å². The van der Waals surface area contributed by atoms with Gasteiger partial charge in [-0.1, -0.05) is 17.7 Å². The summed E-state index contributed by atoms with van der Waals surface area (Å²) in [6, 6.07) is 9.74. The van der Waals surface area contributed by atoms with Crippen LogP contribution in [0, 0.1) is 5.82 Å². The lowest BCUT2D eigenvalue weighted by molar-refractivity contribution is 0.0779. The van der Waals surface area contributed by atoms with E-state index in [-0.39, 0.29) is 12.5 Å². The molecular weight excluding hydrogens is 305 g/mol. The van der Waals surface area contributed by atoms with Gasteiger partial charge in [-0.3, -0.25) is 4.79 Å². The highest BCUT2D eigenvalue weighted by Gasteiger charge is 2.23. The van der Waals surface area contributed by atoms with E-state index < -0.39 is 5.82 Å². The number of likely N-dealkylation sites (N-methyl/N-ethyl adjacent to an activating group) is 1. The number of benzene rings is 2. The second kappa shape index (κ2) is 5.97. The van der Waals surface area contributed by atoms with E-state index in [2.05, 4.69) is 0 Å². The Labute approximate surface area is 133 Å². The molecule has 0 N–H and O–H groups in total. The van der Waals surface area contributed by atoms with Crippen LogP contribution in [0.15, 0.2) is 36.4 Å². The number of rotatable bonds is 3. The van der Waals surface area contributed by atoms with Crippen LogP contribution in [0.3, 0.4) is 0 Å². The van der Waals surface area contributed by atoms with Gasteiger partial charge in [-0.15, -0.1) is 0 Å². The Bertz CT molecular complexity index is 712. The molecule has 0 unspecified atom stereocenters. The summed E-state index contributed by atoms with van der Waals surface area (Å²) in [7, 11) is 1.79. The summed E-state index contributed by atoms with van der Waals surface area (Å²) >= 11 is 5.84. The third-order valence-electron chi connectivity index (χ3n) is 3.72. The Morgan fingerprint density at radius 2 is 2.14 bits per heavy atom. The molecule has 0 spiro atoms. The molecule has 0 radical (unpaired) electrons. The minimum absolute atomic E-state index is 0.000463. The van der Waals surface area contributed by atoms with Crippen LogP contribution in [-0.4, -0.2) is 24.4 Å². The van der Waals surface area contributed by atoms with Gasteiger partial charge in [0.2, 0.25) is 0 Å². The van der Waals surface area contributed by atoms with Crippen molar-refractivity contribution >= 4 is 17.5 Å². The fraction of sp³-hybridized carbons (Fsp3) is 0.235. The summed E-state index contributed by atoms with van der Waals surface area (Å²) in [6.45, 7) is 0.871. The van der Waals surface area contributed by atoms with Gasteiger partial charge in [-0.05, 0) is 42.3 Å². The molecule has 114 valence electrons. The molecule has 0 saturated carbocycles. The zero-order valence-corrected chi connectivity index (χ0v) is 12.9. The molecule has 2 aromatic rings. The van der Waals surface area contributed by atoms with Crippen LogP contribution in [0.2, 0.25) is 5.02 Å². The predicted octanol–water partition coefficient (Wildman–Crippen LogP) is 3.69. The first kappa shape index (κ1) is 14.9. The van der Waals surface area contributed by atoms with Crippen LogP contribution in [-0.2, 0) is 13.0 Å². The molecule has 0 atom stereocenters. The fourth-order valence-corrected chi connectivity index (χ4v) is 2.85. The molecule has 0 saturated heterocycles. The number of nitrogens with zero attached hydrogens (tertiary/aromatic N) is 1.